The number of hydrogen-bond donors (Lipinski definition) is 2. The Hall–Kier alpha value is -2.07. The summed E-state index contributed by atoms with van der Waals surface area (Å²) in [7, 11) is 0. The van der Waals surface area contributed by atoms with E-state index in [1.54, 1.807) is 13.8 Å². The summed E-state index contributed by atoms with van der Waals surface area (Å²) < 4.78 is 6.74. The van der Waals surface area contributed by atoms with Crippen LogP contribution >= 0.6 is 23.1 Å². The maximum absolute atomic E-state index is 12.9. The first-order valence-electron chi connectivity index (χ1n) is 9.99. The molecule has 2 aromatic rings. The second-order valence-electron chi connectivity index (χ2n) is 7.37. The molecule has 4 rings (SSSR count). The van der Waals surface area contributed by atoms with Crippen LogP contribution in [0.25, 0.3) is 0 Å². The molecule has 0 radical (unpaired) electrons. The zero-order chi connectivity index (χ0) is 20.5. The fraction of sp³-hybridized carbons (Fsp3) is 0.579. The molecule has 1 unspecified atom stereocenters. The normalized spacial score (nSPS) is 16.9. The Labute approximate surface area is 177 Å². The number of aromatic nitrogens is 3. The van der Waals surface area contributed by atoms with Crippen molar-refractivity contribution in [2.24, 2.45) is 0 Å². The van der Waals surface area contributed by atoms with E-state index < -0.39 is 5.25 Å². The summed E-state index contributed by atoms with van der Waals surface area (Å²) in [6, 6.07) is 0. The molecule has 156 valence electrons. The number of nitrogens with two attached hydrogens (primary N) is 1. The minimum absolute atomic E-state index is 0.199. The molecule has 3 N–H and O–H groups in total. The third kappa shape index (κ3) is 4.13. The molecule has 0 bridgehead atoms. The molecule has 0 aliphatic heterocycles. The smallest absolute Gasteiger partial charge is 0.341 e. The monoisotopic (exact) mass is 435 g/mol. The van der Waals surface area contributed by atoms with Crippen LogP contribution in [-0.2, 0) is 22.4 Å². The second kappa shape index (κ2) is 8.35. The van der Waals surface area contributed by atoms with Gasteiger partial charge in [0.05, 0.1) is 17.4 Å². The second-order valence-corrected chi connectivity index (χ2v) is 9.78. The highest BCUT2D eigenvalue weighted by molar-refractivity contribution is 8.00. The average Bonchev–Trinajstić information content (AvgIpc) is 3.38. The Morgan fingerprint density at radius 2 is 2.10 bits per heavy atom. The van der Waals surface area contributed by atoms with Crippen LogP contribution in [0.3, 0.4) is 0 Å². The van der Waals surface area contributed by atoms with Gasteiger partial charge in [-0.2, -0.15) is 0 Å². The van der Waals surface area contributed by atoms with Gasteiger partial charge in [0, 0.05) is 10.8 Å². The molecule has 0 spiro atoms. The van der Waals surface area contributed by atoms with Gasteiger partial charge in [-0.1, -0.05) is 11.8 Å². The van der Waals surface area contributed by atoms with Crippen molar-refractivity contribution in [3.8, 4) is 0 Å². The summed E-state index contributed by atoms with van der Waals surface area (Å²) in [4.78, 5) is 26.6. The lowest BCUT2D eigenvalue weighted by molar-refractivity contribution is -0.115. The Balaban J connectivity index is 1.50. The van der Waals surface area contributed by atoms with Crippen LogP contribution in [0, 0.1) is 0 Å². The number of carbonyl (C=O) groups excluding carboxylic acids is 2. The number of nitrogens with one attached hydrogen (secondary N) is 1. The molecule has 1 atom stereocenters. The van der Waals surface area contributed by atoms with Crippen molar-refractivity contribution in [1.29, 1.82) is 0 Å². The third-order valence-corrected chi connectivity index (χ3v) is 7.44. The maximum atomic E-state index is 12.9. The Morgan fingerprint density at radius 1 is 1.34 bits per heavy atom. The third-order valence-electron chi connectivity index (χ3n) is 5.17. The SMILES string of the molecule is CCOC(=O)c1c(NC(=O)C(C)Sc2nnc(C3CC3)n2N)sc2c1CCCC2. The first-order chi connectivity index (χ1) is 14.0. The highest BCUT2D eigenvalue weighted by Crippen LogP contribution is 2.40. The molecular weight excluding hydrogens is 410 g/mol. The molecule has 29 heavy (non-hydrogen) atoms. The summed E-state index contributed by atoms with van der Waals surface area (Å²) in [6.45, 7) is 3.88. The molecule has 2 aliphatic carbocycles. The van der Waals surface area contributed by atoms with E-state index in [1.807, 2.05) is 0 Å². The van der Waals surface area contributed by atoms with E-state index in [0.717, 1.165) is 49.9 Å². The number of rotatable bonds is 7. The highest BCUT2D eigenvalue weighted by Gasteiger charge is 2.31. The van der Waals surface area contributed by atoms with Crippen molar-refractivity contribution in [2.75, 3.05) is 17.8 Å². The minimum atomic E-state index is -0.442. The van der Waals surface area contributed by atoms with Crippen LogP contribution in [-0.4, -0.2) is 38.6 Å². The molecule has 0 aromatic carbocycles. The van der Waals surface area contributed by atoms with Crippen molar-refractivity contribution in [3.05, 3.63) is 21.8 Å². The summed E-state index contributed by atoms with van der Waals surface area (Å²) >= 11 is 2.75. The number of thiophene rings is 1. The largest absolute Gasteiger partial charge is 0.462 e. The lowest BCUT2D eigenvalue weighted by Crippen LogP contribution is -2.24. The van der Waals surface area contributed by atoms with E-state index in [2.05, 4.69) is 15.5 Å². The van der Waals surface area contributed by atoms with E-state index in [0.29, 0.717) is 28.2 Å². The van der Waals surface area contributed by atoms with Crippen LogP contribution in [0.5, 0.6) is 0 Å². The summed E-state index contributed by atoms with van der Waals surface area (Å²) in [5, 5.41) is 11.9. The molecule has 2 heterocycles. The van der Waals surface area contributed by atoms with Gasteiger partial charge in [-0.15, -0.1) is 21.5 Å². The predicted octanol–water partition coefficient (Wildman–Crippen LogP) is 3.11. The molecule has 2 aromatic heterocycles. The van der Waals surface area contributed by atoms with Gasteiger partial charge in [-0.25, -0.2) is 9.47 Å². The molecule has 1 amide bonds. The van der Waals surface area contributed by atoms with Gasteiger partial charge in [0.25, 0.3) is 0 Å². The van der Waals surface area contributed by atoms with Gasteiger partial charge in [-0.3, -0.25) is 4.79 Å². The predicted molar refractivity (Wildman–Crippen MR) is 113 cm³/mol. The lowest BCUT2D eigenvalue weighted by Gasteiger charge is -2.13. The Bertz CT molecular complexity index is 935. The van der Waals surface area contributed by atoms with Gasteiger partial charge in [-0.05, 0) is 57.9 Å². The van der Waals surface area contributed by atoms with Gasteiger partial charge in [0.2, 0.25) is 11.1 Å². The van der Waals surface area contributed by atoms with Crippen LogP contribution in [0.4, 0.5) is 5.00 Å². The Morgan fingerprint density at radius 3 is 2.83 bits per heavy atom. The number of carbonyl (C=O) groups is 2. The highest BCUT2D eigenvalue weighted by atomic mass is 32.2. The molecule has 10 heteroatoms. The first-order valence-corrected chi connectivity index (χ1v) is 11.7. The first kappa shape index (κ1) is 20.2. The average molecular weight is 436 g/mol. The number of anilines is 1. The van der Waals surface area contributed by atoms with Gasteiger partial charge < -0.3 is 15.9 Å². The number of esters is 1. The molecule has 8 nitrogen and oxygen atoms in total. The van der Waals surface area contributed by atoms with Crippen molar-refractivity contribution in [2.45, 2.75) is 68.7 Å². The van der Waals surface area contributed by atoms with E-state index in [1.165, 1.54) is 32.7 Å². The Kier molecular flexibility index (Phi) is 5.82. The summed E-state index contributed by atoms with van der Waals surface area (Å²) in [6.07, 6.45) is 6.09. The van der Waals surface area contributed by atoms with Crippen LogP contribution < -0.4 is 11.2 Å². The van der Waals surface area contributed by atoms with Crippen molar-refractivity contribution in [3.63, 3.8) is 0 Å². The molecular formula is C19H25N5O3S2. The van der Waals surface area contributed by atoms with E-state index in [9.17, 15) is 9.59 Å². The van der Waals surface area contributed by atoms with Crippen LogP contribution in [0.2, 0.25) is 0 Å². The van der Waals surface area contributed by atoms with Gasteiger partial charge in [0.1, 0.15) is 5.00 Å². The molecule has 1 saturated carbocycles. The zero-order valence-electron chi connectivity index (χ0n) is 16.6. The quantitative estimate of drug-likeness (QED) is 0.390. The van der Waals surface area contributed by atoms with E-state index >= 15 is 0 Å². The summed E-state index contributed by atoms with van der Waals surface area (Å²) in [5.74, 6) is 6.69. The van der Waals surface area contributed by atoms with E-state index in [4.69, 9.17) is 10.6 Å². The summed E-state index contributed by atoms with van der Waals surface area (Å²) in [5.41, 5.74) is 1.56. The number of amides is 1. The number of hydrogen-bond acceptors (Lipinski definition) is 8. The number of aryl methyl sites for hydroxylation is 1. The standard InChI is InChI=1S/C19H25N5O3S2/c1-3-27-18(26)14-12-6-4-5-7-13(12)29-17(14)21-16(25)10(2)28-19-23-22-15(24(19)20)11-8-9-11/h10-11H,3-9,20H2,1-2H3,(H,21,25). The van der Waals surface area contributed by atoms with Crippen molar-refractivity contribution in [1.82, 2.24) is 14.9 Å². The molecule has 2 aliphatic rings. The molecule has 0 saturated heterocycles. The minimum Gasteiger partial charge on any atom is -0.462 e. The fourth-order valence-corrected chi connectivity index (χ4v) is 5.54. The zero-order valence-corrected chi connectivity index (χ0v) is 18.2. The number of fused-ring (bicyclic) bond motifs is 1. The topological polar surface area (TPSA) is 112 Å². The fourth-order valence-electron chi connectivity index (χ4n) is 3.49. The van der Waals surface area contributed by atoms with E-state index in [-0.39, 0.29) is 11.9 Å². The van der Waals surface area contributed by atoms with Crippen LogP contribution in [0.1, 0.15) is 72.1 Å². The number of thioether (sulfide) groups is 1. The number of nitrogen functional groups attached to an aromatic ring is 1. The van der Waals surface area contributed by atoms with Crippen molar-refractivity contribution < 1.29 is 14.3 Å². The van der Waals surface area contributed by atoms with Gasteiger partial charge >= 0.3 is 5.97 Å². The van der Waals surface area contributed by atoms with Crippen molar-refractivity contribution >= 4 is 40.0 Å². The lowest BCUT2D eigenvalue weighted by atomic mass is 9.95. The molecule has 1 fully saturated rings. The number of nitrogens with zero attached hydrogens (tertiary/aromatic N) is 3. The van der Waals surface area contributed by atoms with Crippen LogP contribution in [0.15, 0.2) is 5.16 Å². The van der Waals surface area contributed by atoms with Gasteiger partial charge in [0.15, 0.2) is 5.82 Å². The number of ether oxygens (including phenoxy) is 1. The maximum Gasteiger partial charge on any atom is 0.341 e.